The summed E-state index contributed by atoms with van der Waals surface area (Å²) < 4.78 is 0. The van der Waals surface area contributed by atoms with Crippen LogP contribution in [0, 0.1) is 0 Å². The summed E-state index contributed by atoms with van der Waals surface area (Å²) >= 11 is 0. The Bertz CT molecular complexity index is 477. The summed E-state index contributed by atoms with van der Waals surface area (Å²) in [6.45, 7) is 1.43. The maximum atomic E-state index is 10.7. The van der Waals surface area contributed by atoms with E-state index in [1.807, 2.05) is 18.3 Å². The predicted molar refractivity (Wildman–Crippen MR) is 62.5 cm³/mol. The minimum Gasteiger partial charge on any atom is -0.478 e. The average Bonchev–Trinajstić information content (AvgIpc) is 2.83. The van der Waals surface area contributed by atoms with Crippen molar-refractivity contribution in [3.8, 4) is 0 Å². The van der Waals surface area contributed by atoms with Gasteiger partial charge in [0.25, 0.3) is 0 Å². The largest absolute Gasteiger partial charge is 0.478 e. The molecule has 2 rings (SSSR count). The minimum absolute atomic E-state index is 0.309. The number of rotatable bonds is 5. The molecule has 0 bridgehead atoms. The minimum atomic E-state index is -0.900. The van der Waals surface area contributed by atoms with Gasteiger partial charge in [-0.25, -0.2) is 4.79 Å². The van der Waals surface area contributed by atoms with Gasteiger partial charge in [-0.1, -0.05) is 12.1 Å². The van der Waals surface area contributed by atoms with Crippen molar-refractivity contribution in [2.45, 2.75) is 13.1 Å². The van der Waals surface area contributed by atoms with Crippen molar-refractivity contribution in [3.05, 3.63) is 53.3 Å². The second kappa shape index (κ2) is 5.27. The van der Waals surface area contributed by atoms with E-state index >= 15 is 0 Å². The molecular formula is C12H13N3O2. The summed E-state index contributed by atoms with van der Waals surface area (Å²) in [5.74, 6) is -0.900. The molecule has 1 aromatic heterocycles. The van der Waals surface area contributed by atoms with Crippen LogP contribution in [0.3, 0.4) is 0 Å². The maximum Gasteiger partial charge on any atom is 0.335 e. The van der Waals surface area contributed by atoms with Gasteiger partial charge in [0.15, 0.2) is 0 Å². The topological polar surface area (TPSA) is 78.0 Å². The number of carboxylic acids is 1. The molecule has 1 heterocycles. The van der Waals surface area contributed by atoms with Crippen molar-refractivity contribution in [1.82, 2.24) is 15.5 Å². The van der Waals surface area contributed by atoms with Gasteiger partial charge in [0.2, 0.25) is 0 Å². The standard InChI is InChI=1S/C12H13N3O2/c16-12(17)11-3-1-9(2-4-11)5-13-6-10-7-14-15-8-10/h1-4,7-8,13H,5-6H2,(H,14,15)(H,16,17). The zero-order chi connectivity index (χ0) is 12.1. The normalized spacial score (nSPS) is 10.4. The first-order valence-corrected chi connectivity index (χ1v) is 5.26. The van der Waals surface area contributed by atoms with Gasteiger partial charge in [-0.05, 0) is 17.7 Å². The van der Waals surface area contributed by atoms with Crippen LogP contribution >= 0.6 is 0 Å². The van der Waals surface area contributed by atoms with Gasteiger partial charge in [-0.3, -0.25) is 5.10 Å². The Morgan fingerprint density at radius 2 is 1.94 bits per heavy atom. The molecule has 5 heteroatoms. The molecule has 0 unspecified atom stereocenters. The Balaban J connectivity index is 1.85. The van der Waals surface area contributed by atoms with E-state index in [2.05, 4.69) is 15.5 Å². The number of nitrogens with zero attached hydrogens (tertiary/aromatic N) is 1. The first-order chi connectivity index (χ1) is 8.25. The molecule has 0 saturated carbocycles. The molecule has 88 valence electrons. The van der Waals surface area contributed by atoms with Crippen LogP contribution in [-0.2, 0) is 13.1 Å². The van der Waals surface area contributed by atoms with Crippen molar-refractivity contribution >= 4 is 5.97 Å². The average molecular weight is 231 g/mol. The Morgan fingerprint density at radius 1 is 1.24 bits per heavy atom. The van der Waals surface area contributed by atoms with Crippen molar-refractivity contribution in [1.29, 1.82) is 0 Å². The molecular weight excluding hydrogens is 218 g/mol. The summed E-state index contributed by atoms with van der Waals surface area (Å²) in [7, 11) is 0. The Labute approximate surface area is 98.5 Å². The molecule has 3 N–H and O–H groups in total. The third kappa shape index (κ3) is 3.15. The molecule has 0 aliphatic rings. The molecule has 0 fully saturated rings. The van der Waals surface area contributed by atoms with Crippen LogP contribution in [0.2, 0.25) is 0 Å². The van der Waals surface area contributed by atoms with E-state index < -0.39 is 5.97 Å². The highest BCUT2D eigenvalue weighted by Crippen LogP contribution is 2.04. The molecule has 0 aliphatic carbocycles. The van der Waals surface area contributed by atoms with Gasteiger partial charge in [0, 0.05) is 24.8 Å². The summed E-state index contributed by atoms with van der Waals surface area (Å²) in [6.07, 6.45) is 3.60. The second-order valence-electron chi connectivity index (χ2n) is 3.71. The van der Waals surface area contributed by atoms with E-state index in [0.717, 1.165) is 17.7 Å². The lowest BCUT2D eigenvalue weighted by Crippen LogP contribution is -2.12. The number of aromatic amines is 1. The molecule has 17 heavy (non-hydrogen) atoms. The highest BCUT2D eigenvalue weighted by Gasteiger charge is 2.01. The highest BCUT2D eigenvalue weighted by atomic mass is 16.4. The van der Waals surface area contributed by atoms with Crippen LogP contribution in [0.4, 0.5) is 0 Å². The van der Waals surface area contributed by atoms with Crippen LogP contribution in [0.5, 0.6) is 0 Å². The van der Waals surface area contributed by atoms with E-state index in [-0.39, 0.29) is 0 Å². The van der Waals surface area contributed by atoms with E-state index in [1.165, 1.54) is 0 Å². The lowest BCUT2D eigenvalue weighted by molar-refractivity contribution is 0.0697. The third-order valence-electron chi connectivity index (χ3n) is 2.41. The SMILES string of the molecule is O=C(O)c1ccc(CNCc2cn[nH]c2)cc1. The van der Waals surface area contributed by atoms with Gasteiger partial charge in [0.1, 0.15) is 0 Å². The molecule has 0 atom stereocenters. The predicted octanol–water partition coefficient (Wildman–Crippen LogP) is 1.40. The van der Waals surface area contributed by atoms with Gasteiger partial charge in [-0.2, -0.15) is 5.10 Å². The number of carboxylic acid groups (broad SMARTS) is 1. The number of hydrogen-bond acceptors (Lipinski definition) is 3. The van der Waals surface area contributed by atoms with Crippen molar-refractivity contribution in [2.24, 2.45) is 0 Å². The number of nitrogens with one attached hydrogen (secondary N) is 2. The molecule has 5 nitrogen and oxygen atoms in total. The Morgan fingerprint density at radius 3 is 2.53 bits per heavy atom. The van der Waals surface area contributed by atoms with Crippen LogP contribution in [0.25, 0.3) is 0 Å². The fourth-order valence-corrected chi connectivity index (χ4v) is 1.49. The van der Waals surface area contributed by atoms with Crippen molar-refractivity contribution in [3.63, 3.8) is 0 Å². The third-order valence-corrected chi connectivity index (χ3v) is 2.41. The number of H-pyrrole nitrogens is 1. The highest BCUT2D eigenvalue weighted by molar-refractivity contribution is 5.87. The van der Waals surface area contributed by atoms with E-state index in [9.17, 15) is 4.79 Å². The number of aromatic carboxylic acids is 1. The fourth-order valence-electron chi connectivity index (χ4n) is 1.49. The van der Waals surface area contributed by atoms with E-state index in [4.69, 9.17) is 5.11 Å². The molecule has 0 spiro atoms. The lowest BCUT2D eigenvalue weighted by Gasteiger charge is -2.03. The molecule has 0 saturated heterocycles. The number of carbonyl (C=O) groups is 1. The summed E-state index contributed by atoms with van der Waals surface area (Å²) in [5, 5.41) is 18.6. The number of aromatic nitrogens is 2. The first kappa shape index (κ1) is 11.3. The quantitative estimate of drug-likeness (QED) is 0.726. The second-order valence-corrected chi connectivity index (χ2v) is 3.71. The lowest BCUT2D eigenvalue weighted by atomic mass is 10.1. The summed E-state index contributed by atoms with van der Waals surface area (Å²) in [5.41, 5.74) is 2.45. The van der Waals surface area contributed by atoms with Crippen molar-refractivity contribution < 1.29 is 9.90 Å². The Kier molecular flexibility index (Phi) is 3.52. The monoisotopic (exact) mass is 231 g/mol. The molecule has 1 aromatic carbocycles. The zero-order valence-corrected chi connectivity index (χ0v) is 9.18. The zero-order valence-electron chi connectivity index (χ0n) is 9.18. The summed E-state index contributed by atoms with van der Waals surface area (Å²) in [6, 6.07) is 6.84. The van der Waals surface area contributed by atoms with Crippen molar-refractivity contribution in [2.75, 3.05) is 0 Å². The van der Waals surface area contributed by atoms with Gasteiger partial charge < -0.3 is 10.4 Å². The van der Waals surface area contributed by atoms with Crippen LogP contribution in [-0.4, -0.2) is 21.3 Å². The van der Waals surface area contributed by atoms with E-state index in [1.54, 1.807) is 18.3 Å². The van der Waals surface area contributed by atoms with Crippen LogP contribution < -0.4 is 5.32 Å². The Hall–Kier alpha value is -2.14. The molecule has 0 aliphatic heterocycles. The molecule has 0 radical (unpaired) electrons. The first-order valence-electron chi connectivity index (χ1n) is 5.26. The smallest absolute Gasteiger partial charge is 0.335 e. The van der Waals surface area contributed by atoms with Gasteiger partial charge in [0.05, 0.1) is 11.8 Å². The van der Waals surface area contributed by atoms with Gasteiger partial charge in [-0.15, -0.1) is 0 Å². The summed E-state index contributed by atoms with van der Waals surface area (Å²) in [4.78, 5) is 10.7. The number of benzene rings is 1. The fraction of sp³-hybridized carbons (Fsp3) is 0.167. The van der Waals surface area contributed by atoms with Crippen LogP contribution in [0.1, 0.15) is 21.5 Å². The van der Waals surface area contributed by atoms with Crippen LogP contribution in [0.15, 0.2) is 36.7 Å². The maximum absolute atomic E-state index is 10.7. The number of hydrogen-bond donors (Lipinski definition) is 3. The van der Waals surface area contributed by atoms with E-state index in [0.29, 0.717) is 12.1 Å². The van der Waals surface area contributed by atoms with Gasteiger partial charge >= 0.3 is 5.97 Å². The molecule has 0 amide bonds. The molecule has 2 aromatic rings.